The van der Waals surface area contributed by atoms with Gasteiger partial charge >= 0.3 is 6.03 Å². The fourth-order valence-corrected chi connectivity index (χ4v) is 3.01. The Balaban J connectivity index is 1.78. The van der Waals surface area contributed by atoms with Crippen molar-refractivity contribution in [3.05, 3.63) is 99.5 Å². The van der Waals surface area contributed by atoms with Crippen molar-refractivity contribution in [3.63, 3.8) is 0 Å². The minimum absolute atomic E-state index is 0.0000376. The number of hydrogen-bond donors (Lipinski definition) is 2. The number of para-hydroxylation sites is 1. The number of hydrazine groups is 1. The normalized spacial score (nSPS) is 10.4. The van der Waals surface area contributed by atoms with Gasteiger partial charge in [-0.2, -0.15) is 0 Å². The second kappa shape index (κ2) is 9.56. The van der Waals surface area contributed by atoms with E-state index in [1.165, 1.54) is 29.3 Å². The SMILES string of the molecule is O=C(NC(=O)c1ccc(F)c(Cl)c1)NN(Cc1c(F)cccc1Cl)c1ccccc1. The van der Waals surface area contributed by atoms with Crippen molar-refractivity contribution in [2.75, 3.05) is 5.01 Å². The maximum absolute atomic E-state index is 14.2. The molecular weight excluding hydrogens is 435 g/mol. The van der Waals surface area contributed by atoms with E-state index in [2.05, 4.69) is 10.7 Å². The molecule has 5 nitrogen and oxygen atoms in total. The molecular formula is C21H15Cl2F2N3O2. The van der Waals surface area contributed by atoms with Crippen LogP contribution in [0.25, 0.3) is 0 Å². The molecule has 0 aliphatic rings. The smallest absolute Gasteiger partial charge is 0.280 e. The molecule has 30 heavy (non-hydrogen) atoms. The van der Waals surface area contributed by atoms with Crippen LogP contribution in [-0.2, 0) is 6.54 Å². The molecule has 154 valence electrons. The van der Waals surface area contributed by atoms with Gasteiger partial charge < -0.3 is 0 Å². The monoisotopic (exact) mass is 449 g/mol. The highest BCUT2D eigenvalue weighted by atomic mass is 35.5. The first-order valence-corrected chi connectivity index (χ1v) is 9.43. The summed E-state index contributed by atoms with van der Waals surface area (Å²) in [5, 5.41) is 3.40. The van der Waals surface area contributed by atoms with E-state index < -0.39 is 23.6 Å². The van der Waals surface area contributed by atoms with E-state index in [0.717, 1.165) is 12.1 Å². The standard InChI is InChI=1S/C21H15Cl2F2N3O2/c22-16-7-4-8-18(24)15(16)12-28(14-5-2-1-3-6-14)27-21(30)26-20(29)13-9-10-19(25)17(23)11-13/h1-11H,12H2,(H2,26,27,29,30). The number of amides is 3. The van der Waals surface area contributed by atoms with Gasteiger partial charge in [0, 0.05) is 16.1 Å². The summed E-state index contributed by atoms with van der Waals surface area (Å²) < 4.78 is 27.5. The molecule has 0 atom stereocenters. The molecule has 0 unspecified atom stereocenters. The number of benzene rings is 3. The number of imide groups is 1. The molecule has 0 saturated heterocycles. The highest BCUT2D eigenvalue weighted by Crippen LogP contribution is 2.23. The van der Waals surface area contributed by atoms with Crippen molar-refractivity contribution < 1.29 is 18.4 Å². The number of nitrogens with one attached hydrogen (secondary N) is 2. The first kappa shape index (κ1) is 21.5. The van der Waals surface area contributed by atoms with Crippen LogP contribution < -0.4 is 15.8 Å². The van der Waals surface area contributed by atoms with Crippen molar-refractivity contribution in [1.82, 2.24) is 10.7 Å². The lowest BCUT2D eigenvalue weighted by Crippen LogP contribution is -2.49. The summed E-state index contributed by atoms with van der Waals surface area (Å²) in [7, 11) is 0. The molecule has 0 aromatic heterocycles. The molecule has 3 aromatic carbocycles. The number of carbonyl (C=O) groups excluding carboxylic acids is 2. The number of carbonyl (C=O) groups is 2. The van der Waals surface area contributed by atoms with Crippen LogP contribution in [0.1, 0.15) is 15.9 Å². The average Bonchev–Trinajstić information content (AvgIpc) is 2.72. The first-order chi connectivity index (χ1) is 14.3. The van der Waals surface area contributed by atoms with Gasteiger partial charge in [0.25, 0.3) is 5.91 Å². The van der Waals surface area contributed by atoms with Crippen LogP contribution in [0, 0.1) is 11.6 Å². The van der Waals surface area contributed by atoms with Gasteiger partial charge in [-0.25, -0.2) is 19.0 Å². The maximum atomic E-state index is 14.2. The predicted octanol–water partition coefficient (Wildman–Crippen LogP) is 5.33. The highest BCUT2D eigenvalue weighted by Gasteiger charge is 2.18. The lowest BCUT2D eigenvalue weighted by atomic mass is 10.2. The molecule has 0 heterocycles. The molecule has 0 spiro atoms. The second-order valence-electron chi connectivity index (χ2n) is 6.15. The molecule has 2 N–H and O–H groups in total. The third kappa shape index (κ3) is 5.25. The molecule has 3 rings (SSSR count). The second-order valence-corrected chi connectivity index (χ2v) is 6.96. The summed E-state index contributed by atoms with van der Waals surface area (Å²) in [6, 6.07) is 15.3. The Morgan fingerprint density at radius 1 is 0.867 bits per heavy atom. The summed E-state index contributed by atoms with van der Waals surface area (Å²) in [5.41, 5.74) is 3.19. The number of halogens is 4. The minimum atomic E-state index is -0.878. The van der Waals surface area contributed by atoms with Crippen LogP contribution >= 0.6 is 23.2 Å². The third-order valence-electron chi connectivity index (χ3n) is 4.09. The van der Waals surface area contributed by atoms with Gasteiger partial charge in [-0.15, -0.1) is 0 Å². The zero-order valence-corrected chi connectivity index (χ0v) is 16.8. The molecule has 9 heteroatoms. The van der Waals surface area contributed by atoms with Gasteiger partial charge in [0.1, 0.15) is 11.6 Å². The van der Waals surface area contributed by atoms with Crippen LogP contribution in [-0.4, -0.2) is 11.9 Å². The fourth-order valence-electron chi connectivity index (χ4n) is 2.61. The molecule has 0 aliphatic carbocycles. The van der Waals surface area contributed by atoms with Gasteiger partial charge in [0.2, 0.25) is 0 Å². The summed E-state index contributed by atoms with van der Waals surface area (Å²) in [6.07, 6.45) is 0. The van der Waals surface area contributed by atoms with Gasteiger partial charge in [-0.3, -0.25) is 15.1 Å². The van der Waals surface area contributed by atoms with Gasteiger partial charge in [-0.05, 0) is 42.5 Å². The first-order valence-electron chi connectivity index (χ1n) is 8.67. The molecule has 0 aliphatic heterocycles. The molecule has 0 fully saturated rings. The van der Waals surface area contributed by atoms with E-state index in [1.54, 1.807) is 30.3 Å². The van der Waals surface area contributed by atoms with E-state index >= 15 is 0 Å². The summed E-state index contributed by atoms with van der Waals surface area (Å²) in [6.45, 7) is -0.0977. The van der Waals surface area contributed by atoms with E-state index in [0.29, 0.717) is 5.69 Å². The Bertz CT molecular complexity index is 1060. The van der Waals surface area contributed by atoms with Crippen molar-refractivity contribution in [2.24, 2.45) is 0 Å². The van der Waals surface area contributed by atoms with E-state index in [9.17, 15) is 18.4 Å². The van der Waals surface area contributed by atoms with Crippen LogP contribution in [0.15, 0.2) is 66.7 Å². The van der Waals surface area contributed by atoms with E-state index in [1.807, 2.05) is 0 Å². The quantitative estimate of drug-likeness (QED) is 0.517. The van der Waals surface area contributed by atoms with Crippen molar-refractivity contribution in [3.8, 4) is 0 Å². The molecule has 3 amide bonds. The molecule has 0 saturated carbocycles. The van der Waals surface area contributed by atoms with Gasteiger partial charge in [0.05, 0.1) is 17.3 Å². The van der Waals surface area contributed by atoms with Crippen molar-refractivity contribution >= 4 is 40.8 Å². The van der Waals surface area contributed by atoms with E-state index in [4.69, 9.17) is 23.2 Å². The molecule has 3 aromatic rings. The zero-order valence-electron chi connectivity index (χ0n) is 15.3. The largest absolute Gasteiger partial charge is 0.340 e. The van der Waals surface area contributed by atoms with E-state index in [-0.39, 0.29) is 27.7 Å². The number of urea groups is 1. The van der Waals surface area contributed by atoms with Crippen molar-refractivity contribution in [1.29, 1.82) is 0 Å². The lowest BCUT2D eigenvalue weighted by Gasteiger charge is -2.26. The number of nitrogens with zero attached hydrogens (tertiary/aromatic N) is 1. The average molecular weight is 450 g/mol. The number of anilines is 1. The summed E-state index contributed by atoms with van der Waals surface area (Å²) in [5.74, 6) is -2.01. The Kier molecular flexibility index (Phi) is 6.87. The number of rotatable bonds is 5. The maximum Gasteiger partial charge on any atom is 0.340 e. The topological polar surface area (TPSA) is 61.4 Å². The lowest BCUT2D eigenvalue weighted by molar-refractivity contribution is 0.0963. The summed E-state index contributed by atoms with van der Waals surface area (Å²) >= 11 is 11.8. The minimum Gasteiger partial charge on any atom is -0.280 e. The summed E-state index contributed by atoms with van der Waals surface area (Å²) in [4.78, 5) is 24.7. The van der Waals surface area contributed by atoms with Crippen LogP contribution in [0.4, 0.5) is 19.3 Å². The molecule has 0 radical (unpaired) electrons. The van der Waals surface area contributed by atoms with Gasteiger partial charge in [-0.1, -0.05) is 47.5 Å². The number of hydrogen-bond acceptors (Lipinski definition) is 3. The Hall–Kier alpha value is -3.16. The van der Waals surface area contributed by atoms with Crippen LogP contribution in [0.5, 0.6) is 0 Å². The molecule has 0 bridgehead atoms. The van der Waals surface area contributed by atoms with Crippen LogP contribution in [0.3, 0.4) is 0 Å². The van der Waals surface area contributed by atoms with Crippen LogP contribution in [0.2, 0.25) is 10.0 Å². The predicted molar refractivity (Wildman–Crippen MR) is 111 cm³/mol. The zero-order chi connectivity index (χ0) is 21.7. The Morgan fingerprint density at radius 3 is 2.27 bits per heavy atom. The third-order valence-corrected chi connectivity index (χ3v) is 4.73. The highest BCUT2D eigenvalue weighted by molar-refractivity contribution is 6.31. The fraction of sp³-hybridized carbons (Fsp3) is 0.0476. The Morgan fingerprint density at radius 2 is 1.60 bits per heavy atom. The van der Waals surface area contributed by atoms with Crippen molar-refractivity contribution in [2.45, 2.75) is 6.54 Å². The Labute approximate surface area is 181 Å². The van der Waals surface area contributed by atoms with Gasteiger partial charge in [0.15, 0.2) is 0 Å².